The van der Waals surface area contributed by atoms with Crippen LogP contribution in [0.4, 0.5) is 19.0 Å². The molecule has 5 nitrogen and oxygen atoms in total. The van der Waals surface area contributed by atoms with Crippen molar-refractivity contribution in [1.82, 2.24) is 10.3 Å². The molecule has 2 rings (SSSR count). The van der Waals surface area contributed by atoms with Gasteiger partial charge in [-0.25, -0.2) is 4.98 Å². The van der Waals surface area contributed by atoms with Crippen molar-refractivity contribution >= 4 is 11.7 Å². The molecule has 0 spiro atoms. The number of nitrogens with zero attached hydrogens (tertiary/aromatic N) is 1. The van der Waals surface area contributed by atoms with Crippen LogP contribution in [-0.2, 0) is 10.9 Å². The lowest BCUT2D eigenvalue weighted by Gasteiger charge is -2.27. The summed E-state index contributed by atoms with van der Waals surface area (Å²) >= 11 is 0. The fourth-order valence-corrected chi connectivity index (χ4v) is 2.49. The molecule has 1 saturated heterocycles. The van der Waals surface area contributed by atoms with Gasteiger partial charge in [0.2, 0.25) is 0 Å². The van der Waals surface area contributed by atoms with Gasteiger partial charge in [-0.2, -0.15) is 13.2 Å². The molecule has 8 heteroatoms. The summed E-state index contributed by atoms with van der Waals surface area (Å²) in [4.78, 5) is 16.3. The Morgan fingerprint density at radius 2 is 2.04 bits per heavy atom. The summed E-state index contributed by atoms with van der Waals surface area (Å²) < 4.78 is 44.3. The molecule has 0 aromatic carbocycles. The molecule has 1 aromatic rings. The second-order valence-corrected chi connectivity index (χ2v) is 6.41. The first-order chi connectivity index (χ1) is 12.2. The van der Waals surface area contributed by atoms with Gasteiger partial charge < -0.3 is 15.4 Å². The highest BCUT2D eigenvalue weighted by Crippen LogP contribution is 2.30. The summed E-state index contributed by atoms with van der Waals surface area (Å²) in [6.45, 7) is 4.49. The first-order valence-electron chi connectivity index (χ1n) is 8.41. The van der Waals surface area contributed by atoms with E-state index in [1.165, 1.54) is 0 Å². The molecule has 1 atom stereocenters. The van der Waals surface area contributed by atoms with E-state index in [4.69, 9.17) is 11.2 Å². The summed E-state index contributed by atoms with van der Waals surface area (Å²) in [6, 6.07) is 1.80. The van der Waals surface area contributed by atoms with Crippen LogP contribution in [0.25, 0.3) is 0 Å². The molecule has 2 N–H and O–H groups in total. The van der Waals surface area contributed by atoms with E-state index in [1.807, 2.05) is 6.92 Å². The fourth-order valence-electron chi connectivity index (χ4n) is 2.49. The zero-order valence-corrected chi connectivity index (χ0v) is 14.7. The smallest absolute Gasteiger partial charge is 0.381 e. The van der Waals surface area contributed by atoms with Gasteiger partial charge in [-0.05, 0) is 38.3 Å². The molecule has 1 unspecified atom stereocenters. The van der Waals surface area contributed by atoms with Gasteiger partial charge in [-0.15, -0.1) is 6.42 Å². The van der Waals surface area contributed by atoms with Crippen LogP contribution in [0.3, 0.4) is 0 Å². The fraction of sp³-hybridized carbons (Fsp3) is 0.556. The second kappa shape index (κ2) is 7.96. The van der Waals surface area contributed by atoms with E-state index < -0.39 is 23.3 Å². The molecule has 0 radical (unpaired) electrons. The van der Waals surface area contributed by atoms with Crippen molar-refractivity contribution in [2.24, 2.45) is 0 Å². The number of nitrogens with one attached hydrogen (secondary N) is 2. The number of halogens is 3. The van der Waals surface area contributed by atoms with Gasteiger partial charge in [-0.3, -0.25) is 4.79 Å². The second-order valence-electron chi connectivity index (χ2n) is 6.41. The van der Waals surface area contributed by atoms with Gasteiger partial charge in [0.25, 0.3) is 5.91 Å². The average molecular weight is 369 g/mol. The number of anilines is 1. The molecule has 142 valence electrons. The van der Waals surface area contributed by atoms with Crippen LogP contribution in [0.15, 0.2) is 12.1 Å². The Balaban J connectivity index is 2.34. The maximum absolute atomic E-state index is 13.0. The zero-order chi connectivity index (χ0) is 19.4. The number of ether oxygens (including phenoxy) is 1. The molecular weight excluding hydrogens is 347 g/mol. The first kappa shape index (κ1) is 20.0. The highest BCUT2D eigenvalue weighted by atomic mass is 19.4. The SMILES string of the molecule is C#CC(C)(CC)NC(=O)c1ccc(C(F)(F)F)nc1NC1CCOCC1. The number of alkyl halides is 3. The number of hydrogen-bond donors (Lipinski definition) is 2. The van der Waals surface area contributed by atoms with Crippen molar-refractivity contribution in [3.05, 3.63) is 23.4 Å². The molecule has 0 aliphatic carbocycles. The number of pyridine rings is 1. The minimum absolute atomic E-state index is 0.0272. The van der Waals surface area contributed by atoms with Crippen molar-refractivity contribution in [3.63, 3.8) is 0 Å². The van der Waals surface area contributed by atoms with E-state index in [0.29, 0.717) is 32.5 Å². The summed E-state index contributed by atoms with van der Waals surface area (Å²) in [7, 11) is 0. The van der Waals surface area contributed by atoms with Crippen LogP contribution in [0.1, 0.15) is 49.2 Å². The third kappa shape index (κ3) is 4.88. The summed E-state index contributed by atoms with van der Waals surface area (Å²) in [5, 5.41) is 5.64. The largest absolute Gasteiger partial charge is 0.433 e. The maximum Gasteiger partial charge on any atom is 0.433 e. The Morgan fingerprint density at radius 1 is 1.38 bits per heavy atom. The highest BCUT2D eigenvalue weighted by Gasteiger charge is 2.34. The molecule has 0 bridgehead atoms. The van der Waals surface area contributed by atoms with Gasteiger partial charge >= 0.3 is 6.18 Å². The van der Waals surface area contributed by atoms with Crippen LogP contribution in [-0.4, -0.2) is 35.7 Å². The Kier molecular flexibility index (Phi) is 6.13. The molecular formula is C18H22F3N3O2. The van der Waals surface area contributed by atoms with Gasteiger partial charge in [-0.1, -0.05) is 12.8 Å². The Bertz CT molecular complexity index is 694. The van der Waals surface area contributed by atoms with Crippen LogP contribution in [0, 0.1) is 12.3 Å². The minimum atomic E-state index is -4.60. The average Bonchev–Trinajstić information content (AvgIpc) is 2.61. The number of rotatable bonds is 5. The number of amides is 1. The summed E-state index contributed by atoms with van der Waals surface area (Å²) in [5.74, 6) is 1.83. The van der Waals surface area contributed by atoms with E-state index in [0.717, 1.165) is 12.1 Å². The number of hydrogen-bond acceptors (Lipinski definition) is 4. The van der Waals surface area contributed by atoms with Crippen molar-refractivity contribution in [2.75, 3.05) is 18.5 Å². The molecule has 1 amide bonds. The molecule has 1 aromatic heterocycles. The van der Waals surface area contributed by atoms with Crippen LogP contribution in [0.5, 0.6) is 0 Å². The molecule has 26 heavy (non-hydrogen) atoms. The Labute approximate surface area is 150 Å². The Hall–Kier alpha value is -2.27. The van der Waals surface area contributed by atoms with Gasteiger partial charge in [0.1, 0.15) is 11.5 Å². The number of carbonyl (C=O) groups excluding carboxylic acids is 1. The summed E-state index contributed by atoms with van der Waals surface area (Å²) in [6.07, 6.45) is 2.57. The van der Waals surface area contributed by atoms with E-state index in [9.17, 15) is 18.0 Å². The minimum Gasteiger partial charge on any atom is -0.381 e. The number of carbonyl (C=O) groups is 1. The van der Waals surface area contributed by atoms with Gasteiger partial charge in [0, 0.05) is 19.3 Å². The topological polar surface area (TPSA) is 63.2 Å². The first-order valence-corrected chi connectivity index (χ1v) is 8.41. The van der Waals surface area contributed by atoms with E-state index in [-0.39, 0.29) is 17.4 Å². The molecule has 0 saturated carbocycles. The van der Waals surface area contributed by atoms with Crippen LogP contribution in [0.2, 0.25) is 0 Å². The van der Waals surface area contributed by atoms with Crippen molar-refractivity contribution < 1.29 is 22.7 Å². The predicted octanol–water partition coefficient (Wildman–Crippen LogP) is 3.22. The lowest BCUT2D eigenvalue weighted by atomic mass is 9.99. The van der Waals surface area contributed by atoms with E-state index in [2.05, 4.69) is 21.5 Å². The summed E-state index contributed by atoms with van der Waals surface area (Å²) in [5.41, 5.74) is -1.92. The third-order valence-electron chi connectivity index (χ3n) is 4.41. The van der Waals surface area contributed by atoms with Gasteiger partial charge in [0.05, 0.1) is 11.1 Å². The van der Waals surface area contributed by atoms with Crippen molar-refractivity contribution in [3.8, 4) is 12.3 Å². The lowest BCUT2D eigenvalue weighted by molar-refractivity contribution is -0.141. The van der Waals surface area contributed by atoms with E-state index in [1.54, 1.807) is 6.92 Å². The zero-order valence-electron chi connectivity index (χ0n) is 14.7. The number of aromatic nitrogens is 1. The van der Waals surface area contributed by atoms with Crippen molar-refractivity contribution in [1.29, 1.82) is 0 Å². The standard InChI is InChI=1S/C18H22F3N3O2/c1-4-17(3,5-2)24-16(25)13-6-7-14(18(19,20)21)23-15(13)22-12-8-10-26-11-9-12/h1,6-7,12H,5,8-11H2,2-3H3,(H,22,23)(H,24,25). The van der Waals surface area contributed by atoms with Gasteiger partial charge in [0.15, 0.2) is 0 Å². The lowest BCUT2D eigenvalue weighted by Crippen LogP contribution is -2.44. The highest BCUT2D eigenvalue weighted by molar-refractivity contribution is 5.99. The quantitative estimate of drug-likeness (QED) is 0.783. The normalized spacial score (nSPS) is 17.8. The number of terminal acetylenes is 1. The maximum atomic E-state index is 13.0. The molecule has 1 aliphatic heterocycles. The van der Waals surface area contributed by atoms with Crippen LogP contribution >= 0.6 is 0 Å². The monoisotopic (exact) mass is 369 g/mol. The van der Waals surface area contributed by atoms with Crippen molar-refractivity contribution in [2.45, 2.75) is 50.9 Å². The van der Waals surface area contributed by atoms with Crippen LogP contribution < -0.4 is 10.6 Å². The third-order valence-corrected chi connectivity index (χ3v) is 4.41. The Morgan fingerprint density at radius 3 is 2.58 bits per heavy atom. The van der Waals surface area contributed by atoms with E-state index >= 15 is 0 Å². The molecule has 2 heterocycles. The predicted molar refractivity (Wildman–Crippen MR) is 91.7 cm³/mol. The molecule has 1 aliphatic rings. The molecule has 1 fully saturated rings.